The Morgan fingerprint density at radius 3 is 2.32 bits per heavy atom. The maximum absolute atomic E-state index is 13.1. The summed E-state index contributed by atoms with van der Waals surface area (Å²) in [5, 5.41) is 12.6. The fraction of sp³-hybridized carbons (Fsp3) is 0.103. The molecule has 5 aromatic rings. The number of halogens is 1. The summed E-state index contributed by atoms with van der Waals surface area (Å²) in [6.45, 7) is 2.41. The van der Waals surface area contributed by atoms with E-state index in [0.717, 1.165) is 38.9 Å². The van der Waals surface area contributed by atoms with Crippen LogP contribution in [0, 0.1) is 12.7 Å². The van der Waals surface area contributed by atoms with E-state index in [9.17, 15) is 9.18 Å². The molecular weight excluding hydrogens is 485 g/mol. The van der Waals surface area contributed by atoms with E-state index in [1.165, 1.54) is 12.1 Å². The molecule has 8 heteroatoms. The van der Waals surface area contributed by atoms with Gasteiger partial charge in [0.2, 0.25) is 0 Å². The van der Waals surface area contributed by atoms with Crippen molar-refractivity contribution >= 4 is 17.7 Å². The van der Waals surface area contributed by atoms with Crippen LogP contribution in [0.4, 0.5) is 4.39 Å². The predicted molar refractivity (Wildman–Crippen MR) is 143 cm³/mol. The molecule has 0 unspecified atom stereocenters. The summed E-state index contributed by atoms with van der Waals surface area (Å²) in [5.74, 6) is 0.948. The molecule has 0 fully saturated rings. The van der Waals surface area contributed by atoms with Gasteiger partial charge in [-0.25, -0.2) is 4.39 Å². The number of hydrogen-bond donors (Lipinski definition) is 1. The largest absolute Gasteiger partial charge is 0.348 e. The molecule has 5 rings (SSSR count). The first-order valence-corrected chi connectivity index (χ1v) is 12.7. The van der Waals surface area contributed by atoms with Crippen molar-refractivity contribution in [2.24, 2.45) is 0 Å². The minimum Gasteiger partial charge on any atom is -0.348 e. The third kappa shape index (κ3) is 5.76. The molecule has 0 saturated heterocycles. The molecule has 1 amide bonds. The first-order chi connectivity index (χ1) is 18.1. The highest BCUT2D eigenvalue weighted by atomic mass is 32.2. The van der Waals surface area contributed by atoms with Gasteiger partial charge < -0.3 is 5.32 Å². The number of carbonyl (C=O) groups is 1. The van der Waals surface area contributed by atoms with Gasteiger partial charge in [0, 0.05) is 35.8 Å². The van der Waals surface area contributed by atoms with Gasteiger partial charge in [0.15, 0.2) is 11.0 Å². The maximum Gasteiger partial charge on any atom is 0.251 e. The highest BCUT2D eigenvalue weighted by Crippen LogP contribution is 2.30. The van der Waals surface area contributed by atoms with Gasteiger partial charge in [0.05, 0.1) is 5.69 Å². The molecule has 184 valence electrons. The topological polar surface area (TPSA) is 72.7 Å². The minimum atomic E-state index is -0.297. The van der Waals surface area contributed by atoms with Gasteiger partial charge in [-0.1, -0.05) is 54.2 Å². The molecule has 0 aliphatic carbocycles. The average molecular weight is 510 g/mol. The third-order valence-corrected chi connectivity index (χ3v) is 6.88. The molecule has 0 saturated carbocycles. The number of rotatable bonds is 8. The van der Waals surface area contributed by atoms with Crippen LogP contribution in [-0.2, 0) is 12.3 Å². The Bertz CT molecular complexity index is 1500. The maximum atomic E-state index is 13.1. The minimum absolute atomic E-state index is 0.176. The third-order valence-electron chi connectivity index (χ3n) is 5.88. The van der Waals surface area contributed by atoms with Crippen LogP contribution in [0.1, 0.15) is 27.0 Å². The van der Waals surface area contributed by atoms with E-state index in [0.29, 0.717) is 17.9 Å². The summed E-state index contributed by atoms with van der Waals surface area (Å²) in [7, 11) is 0. The number of nitrogens with one attached hydrogen (secondary N) is 1. The van der Waals surface area contributed by atoms with Crippen molar-refractivity contribution in [2.45, 2.75) is 24.4 Å². The normalized spacial score (nSPS) is 10.9. The van der Waals surface area contributed by atoms with E-state index in [2.05, 4.69) is 44.1 Å². The Hall–Kier alpha value is -4.30. The smallest absolute Gasteiger partial charge is 0.251 e. The Labute approximate surface area is 218 Å². The molecule has 1 N–H and O–H groups in total. The number of aromatic nitrogens is 4. The van der Waals surface area contributed by atoms with E-state index in [4.69, 9.17) is 0 Å². The second-order valence-corrected chi connectivity index (χ2v) is 9.40. The number of pyridine rings is 1. The Kier molecular flexibility index (Phi) is 7.37. The van der Waals surface area contributed by atoms with Crippen LogP contribution < -0.4 is 5.32 Å². The van der Waals surface area contributed by atoms with Gasteiger partial charge >= 0.3 is 0 Å². The van der Waals surface area contributed by atoms with Crippen LogP contribution in [-0.4, -0.2) is 25.7 Å². The van der Waals surface area contributed by atoms with Crippen LogP contribution in [0.25, 0.3) is 17.1 Å². The summed E-state index contributed by atoms with van der Waals surface area (Å²) in [4.78, 5) is 16.6. The number of benzene rings is 3. The summed E-state index contributed by atoms with van der Waals surface area (Å²) >= 11 is 1.58. The highest BCUT2D eigenvalue weighted by Gasteiger charge is 2.17. The molecular formula is C29H24FN5OS. The fourth-order valence-corrected chi connectivity index (χ4v) is 4.77. The summed E-state index contributed by atoms with van der Waals surface area (Å²) < 4.78 is 15.1. The molecule has 2 heterocycles. The zero-order valence-electron chi connectivity index (χ0n) is 20.1. The van der Waals surface area contributed by atoms with Crippen molar-refractivity contribution in [3.63, 3.8) is 0 Å². The van der Waals surface area contributed by atoms with Crippen LogP contribution in [0.2, 0.25) is 0 Å². The van der Waals surface area contributed by atoms with Crippen molar-refractivity contribution in [1.29, 1.82) is 0 Å². The molecule has 0 atom stereocenters. The summed E-state index contributed by atoms with van der Waals surface area (Å²) in [5.41, 5.74) is 5.55. The Morgan fingerprint density at radius 2 is 1.59 bits per heavy atom. The SMILES string of the molecule is Cc1ccccc1-n1c(SCc2ccc(C(=O)NCc3ccc(F)cc3)cc2)nnc1-c1ccncc1. The quantitative estimate of drug-likeness (QED) is 0.260. The monoisotopic (exact) mass is 509 g/mol. The van der Waals surface area contributed by atoms with Crippen molar-refractivity contribution in [1.82, 2.24) is 25.1 Å². The van der Waals surface area contributed by atoms with Crippen molar-refractivity contribution in [3.05, 3.63) is 125 Å². The van der Waals surface area contributed by atoms with E-state index in [1.807, 2.05) is 48.5 Å². The second kappa shape index (κ2) is 11.2. The summed E-state index contributed by atoms with van der Waals surface area (Å²) in [6, 6.07) is 25.6. The van der Waals surface area contributed by atoms with Crippen LogP contribution in [0.5, 0.6) is 0 Å². The summed E-state index contributed by atoms with van der Waals surface area (Å²) in [6.07, 6.45) is 3.49. The lowest BCUT2D eigenvalue weighted by atomic mass is 10.1. The molecule has 0 spiro atoms. The first kappa shape index (κ1) is 24.4. The Balaban J connectivity index is 1.30. The Morgan fingerprint density at radius 1 is 0.892 bits per heavy atom. The first-order valence-electron chi connectivity index (χ1n) is 11.7. The molecule has 0 aliphatic rings. The molecule has 2 aromatic heterocycles. The zero-order valence-corrected chi connectivity index (χ0v) is 21.0. The molecule has 37 heavy (non-hydrogen) atoms. The van der Waals surface area contributed by atoms with Crippen molar-refractivity contribution < 1.29 is 9.18 Å². The van der Waals surface area contributed by atoms with Crippen LogP contribution in [0.3, 0.4) is 0 Å². The number of carbonyl (C=O) groups excluding carboxylic acids is 1. The molecule has 0 aliphatic heterocycles. The predicted octanol–water partition coefficient (Wildman–Crippen LogP) is 6.00. The lowest BCUT2D eigenvalue weighted by Crippen LogP contribution is -2.22. The van der Waals surface area contributed by atoms with Crippen LogP contribution in [0.15, 0.2) is 102 Å². The van der Waals surface area contributed by atoms with E-state index >= 15 is 0 Å². The lowest BCUT2D eigenvalue weighted by molar-refractivity contribution is 0.0951. The number of aryl methyl sites for hydroxylation is 1. The van der Waals surface area contributed by atoms with Gasteiger partial charge in [-0.05, 0) is 66.1 Å². The fourth-order valence-electron chi connectivity index (χ4n) is 3.87. The van der Waals surface area contributed by atoms with Gasteiger partial charge in [-0.3, -0.25) is 14.3 Å². The van der Waals surface area contributed by atoms with Crippen molar-refractivity contribution in [3.8, 4) is 17.1 Å². The van der Waals surface area contributed by atoms with E-state index < -0.39 is 0 Å². The zero-order chi connectivity index (χ0) is 25.6. The lowest BCUT2D eigenvalue weighted by Gasteiger charge is -2.13. The molecule has 0 radical (unpaired) electrons. The number of amides is 1. The highest BCUT2D eigenvalue weighted by molar-refractivity contribution is 7.98. The van der Waals surface area contributed by atoms with E-state index in [1.54, 1.807) is 36.3 Å². The average Bonchev–Trinajstić information content (AvgIpc) is 3.36. The standard InChI is InChI=1S/C29H24FN5OS/c1-20-4-2-3-5-26(20)35-27(23-14-16-31-17-15-23)33-34-29(35)37-19-22-6-10-24(11-7-22)28(36)32-18-21-8-12-25(30)13-9-21/h2-17H,18-19H2,1H3,(H,32,36). The van der Waals surface area contributed by atoms with E-state index in [-0.39, 0.29) is 11.7 Å². The second-order valence-electron chi connectivity index (χ2n) is 8.46. The number of thioether (sulfide) groups is 1. The number of nitrogens with zero attached hydrogens (tertiary/aromatic N) is 4. The van der Waals surface area contributed by atoms with Crippen LogP contribution >= 0.6 is 11.8 Å². The molecule has 0 bridgehead atoms. The molecule has 6 nitrogen and oxygen atoms in total. The van der Waals surface area contributed by atoms with Gasteiger partial charge in [-0.2, -0.15) is 0 Å². The van der Waals surface area contributed by atoms with Gasteiger partial charge in [0.25, 0.3) is 5.91 Å². The number of hydrogen-bond acceptors (Lipinski definition) is 5. The number of para-hydroxylation sites is 1. The molecule has 3 aromatic carbocycles. The van der Waals surface area contributed by atoms with Crippen molar-refractivity contribution in [2.75, 3.05) is 0 Å². The van der Waals surface area contributed by atoms with Gasteiger partial charge in [0.1, 0.15) is 5.82 Å². The van der Waals surface area contributed by atoms with Gasteiger partial charge in [-0.15, -0.1) is 10.2 Å².